The van der Waals surface area contributed by atoms with Crippen LogP contribution in [-0.2, 0) is 0 Å². The number of Topliss-reactive ketones (excluding diaryl/α,β-unsaturated/α-hetero) is 1. The number of nitrogens with one attached hydrogen (secondary N) is 1. The van der Waals surface area contributed by atoms with Crippen molar-refractivity contribution in [3.8, 4) is 0 Å². The Bertz CT molecular complexity index is 646. The van der Waals surface area contributed by atoms with E-state index in [4.69, 9.17) is 17.3 Å². The first-order chi connectivity index (χ1) is 10.1. The molecule has 0 saturated heterocycles. The van der Waals surface area contributed by atoms with Gasteiger partial charge in [0.1, 0.15) is 5.15 Å². The van der Waals surface area contributed by atoms with Crippen LogP contribution in [0.1, 0.15) is 20.7 Å². The first-order valence-electron chi connectivity index (χ1n) is 6.33. The van der Waals surface area contributed by atoms with E-state index in [2.05, 4.69) is 10.3 Å². The molecule has 1 aromatic carbocycles. The van der Waals surface area contributed by atoms with E-state index in [1.165, 1.54) is 6.20 Å². The monoisotopic (exact) mass is 303 g/mol. The van der Waals surface area contributed by atoms with E-state index < -0.39 is 11.9 Å². The van der Waals surface area contributed by atoms with E-state index in [0.717, 1.165) is 0 Å². The Morgan fingerprint density at radius 1 is 1.19 bits per heavy atom. The lowest BCUT2D eigenvalue weighted by Crippen LogP contribution is -2.42. The summed E-state index contributed by atoms with van der Waals surface area (Å²) in [4.78, 5) is 27.8. The smallest absolute Gasteiger partial charge is 0.254 e. The third-order valence-corrected chi connectivity index (χ3v) is 3.18. The van der Waals surface area contributed by atoms with Crippen molar-refractivity contribution in [3.63, 3.8) is 0 Å². The SMILES string of the molecule is NC(CNC(=O)c1cccnc1Cl)C(=O)c1ccccc1. The maximum absolute atomic E-state index is 12.0. The van der Waals surface area contributed by atoms with Gasteiger partial charge in [-0.3, -0.25) is 9.59 Å². The van der Waals surface area contributed by atoms with Crippen LogP contribution in [0.15, 0.2) is 48.7 Å². The van der Waals surface area contributed by atoms with E-state index in [1.807, 2.05) is 6.07 Å². The quantitative estimate of drug-likeness (QED) is 0.650. The first kappa shape index (κ1) is 15.2. The molecule has 21 heavy (non-hydrogen) atoms. The van der Waals surface area contributed by atoms with Crippen molar-refractivity contribution in [1.29, 1.82) is 0 Å². The summed E-state index contributed by atoms with van der Waals surface area (Å²) < 4.78 is 0. The van der Waals surface area contributed by atoms with E-state index >= 15 is 0 Å². The van der Waals surface area contributed by atoms with Gasteiger partial charge in [0.15, 0.2) is 5.78 Å². The number of carbonyl (C=O) groups excluding carboxylic acids is 2. The van der Waals surface area contributed by atoms with Crippen LogP contribution in [-0.4, -0.2) is 29.3 Å². The largest absolute Gasteiger partial charge is 0.350 e. The van der Waals surface area contributed by atoms with Crippen LogP contribution in [0, 0.1) is 0 Å². The normalized spacial score (nSPS) is 11.7. The molecule has 6 heteroatoms. The molecule has 0 bridgehead atoms. The molecule has 0 spiro atoms. The lowest BCUT2D eigenvalue weighted by molar-refractivity contribution is 0.0927. The number of halogens is 1. The molecule has 1 aromatic heterocycles. The Morgan fingerprint density at radius 2 is 1.90 bits per heavy atom. The Kier molecular flexibility index (Phi) is 5.03. The third-order valence-electron chi connectivity index (χ3n) is 2.88. The van der Waals surface area contributed by atoms with Crippen LogP contribution in [0.3, 0.4) is 0 Å². The zero-order valence-corrected chi connectivity index (χ0v) is 11.9. The predicted octanol–water partition coefficient (Wildman–Crippen LogP) is 1.68. The molecule has 2 rings (SSSR count). The van der Waals surface area contributed by atoms with E-state index in [1.54, 1.807) is 36.4 Å². The van der Waals surface area contributed by atoms with Gasteiger partial charge in [0, 0.05) is 18.3 Å². The Morgan fingerprint density at radius 3 is 2.57 bits per heavy atom. The second-order valence-electron chi connectivity index (χ2n) is 4.39. The molecule has 1 atom stereocenters. The zero-order chi connectivity index (χ0) is 15.2. The summed E-state index contributed by atoms with van der Waals surface area (Å²) in [5.41, 5.74) is 6.56. The van der Waals surface area contributed by atoms with Crippen molar-refractivity contribution in [3.05, 3.63) is 64.9 Å². The van der Waals surface area contributed by atoms with Gasteiger partial charge in [0.25, 0.3) is 5.91 Å². The summed E-state index contributed by atoms with van der Waals surface area (Å²) in [6, 6.07) is 11.0. The number of hydrogen-bond acceptors (Lipinski definition) is 4. The van der Waals surface area contributed by atoms with Gasteiger partial charge < -0.3 is 11.1 Å². The van der Waals surface area contributed by atoms with Crippen LogP contribution in [0.25, 0.3) is 0 Å². The van der Waals surface area contributed by atoms with Gasteiger partial charge in [0.05, 0.1) is 11.6 Å². The molecule has 0 aliphatic rings. The van der Waals surface area contributed by atoms with Crippen LogP contribution in [0.2, 0.25) is 5.15 Å². The van der Waals surface area contributed by atoms with Gasteiger partial charge in [-0.25, -0.2) is 4.98 Å². The highest BCUT2D eigenvalue weighted by atomic mass is 35.5. The van der Waals surface area contributed by atoms with Gasteiger partial charge >= 0.3 is 0 Å². The molecule has 1 heterocycles. The first-order valence-corrected chi connectivity index (χ1v) is 6.71. The standard InChI is InChI=1S/C15H14ClN3O2/c16-14-11(7-4-8-18-14)15(21)19-9-12(17)13(20)10-5-2-1-3-6-10/h1-8,12H,9,17H2,(H,19,21). The molecule has 0 aliphatic heterocycles. The molecule has 0 fully saturated rings. The number of pyridine rings is 1. The van der Waals surface area contributed by atoms with Crippen LogP contribution < -0.4 is 11.1 Å². The fraction of sp³-hybridized carbons (Fsp3) is 0.133. The van der Waals surface area contributed by atoms with Gasteiger partial charge in [-0.15, -0.1) is 0 Å². The average Bonchev–Trinajstić information content (AvgIpc) is 2.52. The second kappa shape index (κ2) is 6.97. The summed E-state index contributed by atoms with van der Waals surface area (Å²) >= 11 is 5.82. The Balaban J connectivity index is 1.95. The number of hydrogen-bond donors (Lipinski definition) is 2. The Labute approximate surface area is 127 Å². The molecule has 108 valence electrons. The number of nitrogens with two attached hydrogens (primary N) is 1. The van der Waals surface area contributed by atoms with Crippen molar-refractivity contribution >= 4 is 23.3 Å². The molecule has 2 aromatic rings. The third kappa shape index (κ3) is 3.87. The predicted molar refractivity (Wildman–Crippen MR) is 80.3 cm³/mol. The summed E-state index contributed by atoms with van der Waals surface area (Å²) in [5, 5.41) is 2.69. The number of aromatic nitrogens is 1. The second-order valence-corrected chi connectivity index (χ2v) is 4.75. The van der Waals surface area contributed by atoms with Gasteiger partial charge in [-0.1, -0.05) is 41.9 Å². The van der Waals surface area contributed by atoms with Crippen LogP contribution in [0.4, 0.5) is 0 Å². The lowest BCUT2D eigenvalue weighted by atomic mass is 10.1. The topological polar surface area (TPSA) is 85.1 Å². The lowest BCUT2D eigenvalue weighted by Gasteiger charge is -2.12. The molecule has 3 N–H and O–H groups in total. The minimum Gasteiger partial charge on any atom is -0.350 e. The van der Waals surface area contributed by atoms with Crippen molar-refractivity contribution in [2.24, 2.45) is 5.73 Å². The molecule has 0 aliphatic carbocycles. The highest BCUT2D eigenvalue weighted by molar-refractivity contribution is 6.32. The van der Waals surface area contributed by atoms with Crippen molar-refractivity contribution in [2.75, 3.05) is 6.54 Å². The number of amides is 1. The highest BCUT2D eigenvalue weighted by Gasteiger charge is 2.17. The highest BCUT2D eigenvalue weighted by Crippen LogP contribution is 2.11. The molecular formula is C15H14ClN3O2. The summed E-state index contributed by atoms with van der Waals surface area (Å²) in [6.45, 7) is 0.0256. The minimum absolute atomic E-state index is 0.0256. The summed E-state index contributed by atoms with van der Waals surface area (Å²) in [6.07, 6.45) is 1.49. The maximum Gasteiger partial charge on any atom is 0.254 e. The Hall–Kier alpha value is -2.24. The fourth-order valence-electron chi connectivity index (χ4n) is 1.76. The van der Waals surface area contributed by atoms with Gasteiger partial charge in [-0.05, 0) is 12.1 Å². The molecule has 0 radical (unpaired) electrons. The number of rotatable bonds is 5. The minimum atomic E-state index is -0.813. The average molecular weight is 304 g/mol. The number of carbonyl (C=O) groups is 2. The van der Waals surface area contributed by atoms with Crippen LogP contribution in [0.5, 0.6) is 0 Å². The molecule has 1 amide bonds. The number of ketones is 1. The van der Waals surface area contributed by atoms with Gasteiger partial charge in [-0.2, -0.15) is 0 Å². The van der Waals surface area contributed by atoms with Gasteiger partial charge in [0.2, 0.25) is 0 Å². The van der Waals surface area contributed by atoms with Crippen molar-refractivity contribution in [1.82, 2.24) is 10.3 Å². The zero-order valence-electron chi connectivity index (χ0n) is 11.1. The fourth-order valence-corrected chi connectivity index (χ4v) is 1.97. The number of nitrogens with zero attached hydrogens (tertiary/aromatic N) is 1. The molecule has 5 nitrogen and oxygen atoms in total. The molecule has 0 saturated carbocycles. The summed E-state index contributed by atoms with van der Waals surface area (Å²) in [5.74, 6) is -0.641. The number of benzene rings is 1. The van der Waals surface area contributed by atoms with Crippen molar-refractivity contribution in [2.45, 2.75) is 6.04 Å². The molecule has 1 unspecified atom stereocenters. The maximum atomic E-state index is 12.0. The van der Waals surface area contributed by atoms with Crippen LogP contribution >= 0.6 is 11.6 Å². The van der Waals surface area contributed by atoms with Crippen molar-refractivity contribution < 1.29 is 9.59 Å². The van der Waals surface area contributed by atoms with E-state index in [9.17, 15) is 9.59 Å². The summed E-state index contributed by atoms with van der Waals surface area (Å²) in [7, 11) is 0. The molecular weight excluding hydrogens is 290 g/mol. The van der Waals surface area contributed by atoms with E-state index in [0.29, 0.717) is 5.56 Å². The van der Waals surface area contributed by atoms with E-state index in [-0.39, 0.29) is 23.0 Å².